The third kappa shape index (κ3) is 3.74. The first kappa shape index (κ1) is 20.2. The zero-order valence-corrected chi connectivity index (χ0v) is 17.5. The van der Waals surface area contributed by atoms with E-state index in [0.29, 0.717) is 13.2 Å². The number of benzene rings is 1. The van der Waals surface area contributed by atoms with E-state index in [1.165, 1.54) is 16.5 Å². The number of carbonyl (C=O) groups is 1. The predicted octanol–water partition coefficient (Wildman–Crippen LogP) is 1.82. The fraction of sp³-hybridized carbons (Fsp3) is 0.591. The molecule has 158 valence electrons. The molecule has 1 aromatic heterocycles. The quantitative estimate of drug-likeness (QED) is 0.801. The van der Waals surface area contributed by atoms with Gasteiger partial charge in [-0.2, -0.15) is 0 Å². The van der Waals surface area contributed by atoms with E-state index >= 15 is 0 Å². The highest BCUT2D eigenvalue weighted by atomic mass is 16.5. The molecule has 7 heteroatoms. The van der Waals surface area contributed by atoms with E-state index in [9.17, 15) is 4.79 Å². The number of aryl methyl sites for hydroxylation is 1. The van der Waals surface area contributed by atoms with Gasteiger partial charge in [-0.15, -0.1) is 0 Å². The summed E-state index contributed by atoms with van der Waals surface area (Å²) in [7, 11) is 1.71. The third-order valence-corrected chi connectivity index (χ3v) is 6.66. The maximum absolute atomic E-state index is 12.4. The van der Waals surface area contributed by atoms with Crippen molar-refractivity contribution in [2.24, 2.45) is 5.73 Å². The van der Waals surface area contributed by atoms with Gasteiger partial charge in [0.2, 0.25) is 5.91 Å². The summed E-state index contributed by atoms with van der Waals surface area (Å²) >= 11 is 0. The highest BCUT2D eigenvalue weighted by molar-refractivity contribution is 5.86. The zero-order chi connectivity index (χ0) is 20.4. The molecular weight excluding hydrogens is 368 g/mol. The van der Waals surface area contributed by atoms with E-state index < -0.39 is 5.54 Å². The van der Waals surface area contributed by atoms with E-state index in [4.69, 9.17) is 15.2 Å². The molecule has 0 unspecified atom stereocenters. The van der Waals surface area contributed by atoms with Crippen molar-refractivity contribution in [3.8, 4) is 5.75 Å². The number of hydrogen-bond donors (Lipinski definition) is 1. The fourth-order valence-electron chi connectivity index (χ4n) is 4.90. The number of ether oxygens (including phenoxy) is 2. The van der Waals surface area contributed by atoms with Crippen LogP contribution in [0.25, 0.3) is 10.9 Å². The molecule has 2 aliphatic heterocycles. The van der Waals surface area contributed by atoms with Crippen molar-refractivity contribution >= 4 is 16.8 Å². The number of nitrogens with two attached hydrogens (primary N) is 1. The van der Waals surface area contributed by atoms with E-state index in [1.54, 1.807) is 7.11 Å². The molecule has 7 nitrogen and oxygen atoms in total. The lowest BCUT2D eigenvalue weighted by Crippen LogP contribution is -2.64. The Morgan fingerprint density at radius 3 is 2.55 bits per heavy atom. The summed E-state index contributed by atoms with van der Waals surface area (Å²) in [6.45, 7) is 8.62. The molecule has 29 heavy (non-hydrogen) atoms. The van der Waals surface area contributed by atoms with Crippen LogP contribution in [0.1, 0.15) is 25.3 Å². The van der Waals surface area contributed by atoms with Crippen molar-refractivity contribution < 1.29 is 14.3 Å². The zero-order valence-electron chi connectivity index (χ0n) is 17.5. The van der Waals surface area contributed by atoms with Gasteiger partial charge in [0.15, 0.2) is 0 Å². The predicted molar refractivity (Wildman–Crippen MR) is 113 cm³/mol. The van der Waals surface area contributed by atoms with E-state index in [1.807, 2.05) is 6.07 Å². The Morgan fingerprint density at radius 1 is 1.21 bits per heavy atom. The maximum atomic E-state index is 12.4. The first-order valence-electron chi connectivity index (χ1n) is 10.6. The van der Waals surface area contributed by atoms with Gasteiger partial charge in [0, 0.05) is 56.4 Å². The first-order chi connectivity index (χ1) is 14.1. The molecule has 3 heterocycles. The van der Waals surface area contributed by atoms with Crippen LogP contribution in [-0.4, -0.2) is 72.3 Å². The van der Waals surface area contributed by atoms with Gasteiger partial charge in [-0.1, -0.05) is 0 Å². The van der Waals surface area contributed by atoms with E-state index in [2.05, 4.69) is 39.6 Å². The average Bonchev–Trinajstić information content (AvgIpc) is 3.11. The Morgan fingerprint density at radius 2 is 1.93 bits per heavy atom. The molecule has 2 saturated heterocycles. The lowest BCUT2D eigenvalue weighted by atomic mass is 9.84. The fourth-order valence-corrected chi connectivity index (χ4v) is 4.90. The van der Waals surface area contributed by atoms with Crippen LogP contribution in [0.3, 0.4) is 0 Å². The molecule has 2 fully saturated rings. The molecule has 2 N–H and O–H groups in total. The number of fused-ring (bicyclic) bond motifs is 1. The largest absolute Gasteiger partial charge is 0.497 e. The topological polar surface area (TPSA) is 73.0 Å². The molecule has 0 radical (unpaired) electrons. The van der Waals surface area contributed by atoms with Crippen LogP contribution in [-0.2, 0) is 22.6 Å². The van der Waals surface area contributed by atoms with Crippen LogP contribution in [0.5, 0.6) is 5.75 Å². The van der Waals surface area contributed by atoms with Crippen LogP contribution in [0, 0.1) is 0 Å². The van der Waals surface area contributed by atoms with Gasteiger partial charge in [-0.3, -0.25) is 14.6 Å². The van der Waals surface area contributed by atoms with Crippen LogP contribution in [0.4, 0.5) is 0 Å². The second-order valence-corrected chi connectivity index (χ2v) is 8.09. The van der Waals surface area contributed by atoms with Crippen LogP contribution >= 0.6 is 0 Å². The van der Waals surface area contributed by atoms with Gasteiger partial charge in [0.1, 0.15) is 11.3 Å². The van der Waals surface area contributed by atoms with Crippen LogP contribution < -0.4 is 10.5 Å². The lowest BCUT2D eigenvalue weighted by molar-refractivity contribution is -0.138. The Kier molecular flexibility index (Phi) is 5.81. The van der Waals surface area contributed by atoms with Crippen molar-refractivity contribution in [3.63, 3.8) is 0 Å². The number of hydrogen-bond acceptors (Lipinski definition) is 5. The number of nitrogens with zero attached hydrogens (tertiary/aromatic N) is 3. The highest BCUT2D eigenvalue weighted by Crippen LogP contribution is 2.32. The molecule has 0 spiro atoms. The molecule has 1 amide bonds. The van der Waals surface area contributed by atoms with Gasteiger partial charge in [-0.05, 0) is 43.5 Å². The molecule has 4 rings (SSSR count). The van der Waals surface area contributed by atoms with Crippen molar-refractivity contribution in [1.29, 1.82) is 0 Å². The van der Waals surface area contributed by atoms with Gasteiger partial charge in [-0.25, -0.2) is 0 Å². The minimum Gasteiger partial charge on any atom is -0.497 e. The second kappa shape index (κ2) is 8.34. The second-order valence-electron chi connectivity index (χ2n) is 8.09. The summed E-state index contributed by atoms with van der Waals surface area (Å²) in [6, 6.07) is 6.28. The molecular formula is C22H32N4O3. The number of morpholine rings is 1. The number of rotatable bonds is 6. The van der Waals surface area contributed by atoms with Crippen molar-refractivity contribution in [1.82, 2.24) is 14.4 Å². The molecule has 0 atom stereocenters. The average molecular weight is 401 g/mol. The van der Waals surface area contributed by atoms with E-state index in [-0.39, 0.29) is 5.91 Å². The Hall–Kier alpha value is -2.09. The molecule has 1 aromatic carbocycles. The minimum atomic E-state index is -0.527. The number of methoxy groups -OCH3 is 1. The number of piperidine rings is 1. The number of primary amides is 1. The monoisotopic (exact) mass is 400 g/mol. The smallest absolute Gasteiger partial charge is 0.238 e. The Bertz CT molecular complexity index is 864. The highest BCUT2D eigenvalue weighted by Gasteiger charge is 2.45. The van der Waals surface area contributed by atoms with Crippen LogP contribution in [0.15, 0.2) is 24.4 Å². The number of carbonyl (C=O) groups excluding carboxylic acids is 1. The normalized spacial score (nSPS) is 20.8. The minimum absolute atomic E-state index is 0.189. The van der Waals surface area contributed by atoms with Crippen LogP contribution in [0.2, 0.25) is 0 Å². The standard InChI is InChI=1S/C22H32N4O3/c1-3-25-16-17(19-14-18(28-2)4-5-20(19)25)15-24-8-6-22(7-9-24,21(23)27)26-10-12-29-13-11-26/h4-5,14,16H,3,6-13,15H2,1-2H3,(H2,23,27). The SMILES string of the molecule is CCn1cc(CN2CCC(C(N)=O)(N3CCOCC3)CC2)c2cc(OC)ccc21. The molecule has 2 aromatic rings. The van der Waals surface area contributed by atoms with Crippen molar-refractivity contribution in [2.75, 3.05) is 46.5 Å². The summed E-state index contributed by atoms with van der Waals surface area (Å²) in [5.41, 5.74) is 7.92. The van der Waals surface area contributed by atoms with Gasteiger partial charge < -0.3 is 19.8 Å². The molecule has 2 aliphatic rings. The summed E-state index contributed by atoms with van der Waals surface area (Å²) in [5, 5.41) is 1.24. The Labute approximate surface area is 172 Å². The van der Waals surface area contributed by atoms with Gasteiger partial charge in [0.05, 0.1) is 20.3 Å². The molecule has 0 bridgehead atoms. The molecule has 0 aliphatic carbocycles. The summed E-state index contributed by atoms with van der Waals surface area (Å²) in [4.78, 5) is 17.1. The number of aromatic nitrogens is 1. The van der Waals surface area contributed by atoms with Crippen molar-refractivity contribution in [2.45, 2.75) is 38.4 Å². The van der Waals surface area contributed by atoms with Gasteiger partial charge in [0.25, 0.3) is 0 Å². The van der Waals surface area contributed by atoms with Crippen molar-refractivity contribution in [3.05, 3.63) is 30.0 Å². The first-order valence-corrected chi connectivity index (χ1v) is 10.6. The lowest BCUT2D eigenvalue weighted by Gasteiger charge is -2.48. The maximum Gasteiger partial charge on any atom is 0.238 e. The number of likely N-dealkylation sites (tertiary alicyclic amines) is 1. The Balaban J connectivity index is 1.51. The number of amides is 1. The molecule has 0 saturated carbocycles. The summed E-state index contributed by atoms with van der Waals surface area (Å²) in [6.07, 6.45) is 3.80. The third-order valence-electron chi connectivity index (χ3n) is 6.66. The van der Waals surface area contributed by atoms with E-state index in [0.717, 1.165) is 57.9 Å². The summed E-state index contributed by atoms with van der Waals surface area (Å²) in [5.74, 6) is 0.692. The van der Waals surface area contributed by atoms with Gasteiger partial charge >= 0.3 is 0 Å². The summed E-state index contributed by atoms with van der Waals surface area (Å²) < 4.78 is 13.2.